The van der Waals surface area contributed by atoms with Crippen molar-refractivity contribution in [2.75, 3.05) is 12.3 Å². The summed E-state index contributed by atoms with van der Waals surface area (Å²) >= 11 is 1.35. The van der Waals surface area contributed by atoms with Crippen molar-refractivity contribution in [1.82, 2.24) is 20.4 Å². The number of thioether (sulfide) groups is 1. The number of nitrogens with zero attached hydrogens (tertiary/aromatic N) is 3. The molecule has 0 atom stereocenters. The largest absolute Gasteiger partial charge is 0.356 e. The molecule has 2 heterocycles. The monoisotopic (exact) mass is 278 g/mol. The molecule has 0 aliphatic rings. The molecule has 19 heavy (non-hydrogen) atoms. The minimum atomic E-state index is -0.0200. The number of nitrogens with one attached hydrogen (secondary N) is 1. The van der Waals surface area contributed by atoms with Gasteiger partial charge in [0.05, 0.1) is 11.3 Å². The molecule has 0 saturated carbocycles. The molecule has 0 aromatic carbocycles. The van der Waals surface area contributed by atoms with E-state index in [1.54, 1.807) is 19.2 Å². The van der Waals surface area contributed by atoms with E-state index in [4.69, 9.17) is 4.52 Å². The van der Waals surface area contributed by atoms with Crippen LogP contribution in [0.25, 0.3) is 11.4 Å². The highest BCUT2D eigenvalue weighted by atomic mass is 32.2. The van der Waals surface area contributed by atoms with Crippen molar-refractivity contribution in [2.45, 2.75) is 18.9 Å². The number of aromatic nitrogens is 3. The number of aryl methyl sites for hydroxylation is 1. The molecule has 0 unspecified atom stereocenters. The van der Waals surface area contributed by atoms with E-state index in [9.17, 15) is 4.79 Å². The minimum Gasteiger partial charge on any atom is -0.356 e. The van der Waals surface area contributed by atoms with E-state index in [0.717, 1.165) is 10.6 Å². The molecule has 0 aliphatic heterocycles. The van der Waals surface area contributed by atoms with E-state index in [2.05, 4.69) is 20.4 Å². The Morgan fingerprint density at radius 2 is 2.37 bits per heavy atom. The van der Waals surface area contributed by atoms with Crippen molar-refractivity contribution < 1.29 is 9.32 Å². The first-order chi connectivity index (χ1) is 9.20. The average molecular weight is 278 g/mol. The minimum absolute atomic E-state index is 0.0200. The summed E-state index contributed by atoms with van der Waals surface area (Å²) in [6.45, 7) is 4.24. The van der Waals surface area contributed by atoms with Crippen LogP contribution in [0.2, 0.25) is 0 Å². The molecule has 0 spiro atoms. The Labute approximate surface area is 115 Å². The fraction of sp³-hybridized carbons (Fsp3) is 0.333. The molecule has 0 aliphatic carbocycles. The zero-order valence-electron chi connectivity index (χ0n) is 10.7. The average Bonchev–Trinajstić information content (AvgIpc) is 2.84. The summed E-state index contributed by atoms with van der Waals surface area (Å²) in [6, 6.07) is 3.66. The highest BCUT2D eigenvalue weighted by Crippen LogP contribution is 2.27. The third-order valence-corrected chi connectivity index (χ3v) is 3.26. The van der Waals surface area contributed by atoms with Crippen LogP contribution in [0.5, 0.6) is 0 Å². The fourth-order valence-corrected chi connectivity index (χ4v) is 2.29. The third-order valence-electron chi connectivity index (χ3n) is 2.25. The van der Waals surface area contributed by atoms with Crippen LogP contribution in [-0.4, -0.2) is 33.3 Å². The summed E-state index contributed by atoms with van der Waals surface area (Å²) in [4.78, 5) is 19.9. The summed E-state index contributed by atoms with van der Waals surface area (Å²) in [5, 5.41) is 7.33. The van der Waals surface area contributed by atoms with Crippen LogP contribution >= 0.6 is 11.8 Å². The van der Waals surface area contributed by atoms with Crippen molar-refractivity contribution in [3.63, 3.8) is 0 Å². The van der Waals surface area contributed by atoms with Gasteiger partial charge in [0.15, 0.2) is 0 Å². The van der Waals surface area contributed by atoms with Crippen molar-refractivity contribution in [1.29, 1.82) is 0 Å². The molecule has 2 rings (SSSR count). The van der Waals surface area contributed by atoms with Crippen LogP contribution in [0.15, 0.2) is 27.9 Å². The Balaban J connectivity index is 2.15. The number of carbonyl (C=O) groups excluding carboxylic acids is 1. The predicted octanol–water partition coefficient (Wildman–Crippen LogP) is 1.67. The Hall–Kier alpha value is -1.89. The molecule has 100 valence electrons. The molecule has 6 nitrogen and oxygen atoms in total. The van der Waals surface area contributed by atoms with Gasteiger partial charge in [-0.1, -0.05) is 16.9 Å². The maximum Gasteiger partial charge on any atom is 0.230 e. The van der Waals surface area contributed by atoms with Crippen molar-refractivity contribution in [3.05, 3.63) is 24.2 Å². The van der Waals surface area contributed by atoms with E-state index < -0.39 is 0 Å². The van der Waals surface area contributed by atoms with Crippen LogP contribution in [-0.2, 0) is 4.79 Å². The molecule has 1 amide bonds. The van der Waals surface area contributed by atoms with Crippen LogP contribution < -0.4 is 5.32 Å². The lowest BCUT2D eigenvalue weighted by atomic mass is 10.3. The second kappa shape index (κ2) is 6.33. The molecule has 0 saturated heterocycles. The fourth-order valence-electron chi connectivity index (χ4n) is 1.47. The summed E-state index contributed by atoms with van der Waals surface area (Å²) in [6.07, 6.45) is 1.68. The van der Waals surface area contributed by atoms with Gasteiger partial charge in [-0.05, 0) is 19.1 Å². The van der Waals surface area contributed by atoms with Gasteiger partial charge in [-0.25, -0.2) is 4.98 Å². The molecule has 2 aromatic heterocycles. The first-order valence-electron chi connectivity index (χ1n) is 5.86. The van der Waals surface area contributed by atoms with Gasteiger partial charge >= 0.3 is 0 Å². The van der Waals surface area contributed by atoms with Crippen LogP contribution in [0.3, 0.4) is 0 Å². The third kappa shape index (κ3) is 3.54. The Morgan fingerprint density at radius 1 is 1.53 bits per heavy atom. The molecule has 0 radical (unpaired) electrons. The van der Waals surface area contributed by atoms with E-state index in [-0.39, 0.29) is 5.91 Å². The Morgan fingerprint density at radius 3 is 3.05 bits per heavy atom. The lowest BCUT2D eigenvalue weighted by molar-refractivity contribution is -0.118. The highest BCUT2D eigenvalue weighted by molar-refractivity contribution is 8.00. The van der Waals surface area contributed by atoms with Crippen molar-refractivity contribution in [2.24, 2.45) is 0 Å². The molecule has 1 N–H and O–H groups in total. The number of hydrogen-bond acceptors (Lipinski definition) is 6. The second-order valence-electron chi connectivity index (χ2n) is 3.74. The summed E-state index contributed by atoms with van der Waals surface area (Å²) in [7, 11) is 0. The van der Waals surface area contributed by atoms with E-state index in [1.807, 2.05) is 13.0 Å². The zero-order chi connectivity index (χ0) is 13.7. The zero-order valence-corrected chi connectivity index (χ0v) is 11.5. The predicted molar refractivity (Wildman–Crippen MR) is 71.7 cm³/mol. The van der Waals surface area contributed by atoms with Crippen LogP contribution in [0, 0.1) is 6.92 Å². The topological polar surface area (TPSA) is 80.9 Å². The molecule has 0 bridgehead atoms. The first kappa shape index (κ1) is 13.5. The molecule has 0 fully saturated rings. The summed E-state index contributed by atoms with van der Waals surface area (Å²) < 4.78 is 4.96. The van der Waals surface area contributed by atoms with Gasteiger partial charge in [-0.2, -0.15) is 4.98 Å². The Kier molecular flexibility index (Phi) is 4.51. The van der Waals surface area contributed by atoms with E-state index in [0.29, 0.717) is 24.0 Å². The highest BCUT2D eigenvalue weighted by Gasteiger charge is 2.13. The quantitative estimate of drug-likeness (QED) is 0.838. The standard InChI is InChI=1S/C12H14N4O2S/c1-3-13-10(17)7-19-12-9(5-4-6-14-12)11-15-8(2)18-16-11/h4-6H,3,7H2,1-2H3,(H,13,17). The van der Waals surface area contributed by atoms with E-state index in [1.165, 1.54) is 11.8 Å². The van der Waals surface area contributed by atoms with Gasteiger partial charge in [-0.3, -0.25) is 4.79 Å². The van der Waals surface area contributed by atoms with Crippen molar-refractivity contribution in [3.8, 4) is 11.4 Å². The van der Waals surface area contributed by atoms with Gasteiger partial charge in [-0.15, -0.1) is 0 Å². The first-order valence-corrected chi connectivity index (χ1v) is 6.84. The molecular formula is C12H14N4O2S. The maximum atomic E-state index is 11.5. The van der Waals surface area contributed by atoms with Crippen LogP contribution in [0.4, 0.5) is 0 Å². The van der Waals surface area contributed by atoms with Gasteiger partial charge in [0.1, 0.15) is 5.03 Å². The lowest BCUT2D eigenvalue weighted by Crippen LogP contribution is -2.24. The van der Waals surface area contributed by atoms with Gasteiger partial charge < -0.3 is 9.84 Å². The Bertz CT molecular complexity index is 570. The molecule has 2 aromatic rings. The van der Waals surface area contributed by atoms with Gasteiger partial charge in [0.2, 0.25) is 17.6 Å². The molecule has 7 heteroatoms. The number of amides is 1. The SMILES string of the molecule is CCNC(=O)CSc1ncccc1-c1noc(C)n1. The van der Waals surface area contributed by atoms with Crippen molar-refractivity contribution >= 4 is 17.7 Å². The lowest BCUT2D eigenvalue weighted by Gasteiger charge is -2.04. The number of pyridine rings is 1. The smallest absolute Gasteiger partial charge is 0.230 e. The second-order valence-corrected chi connectivity index (χ2v) is 4.70. The number of rotatable bonds is 5. The normalized spacial score (nSPS) is 10.4. The summed E-state index contributed by atoms with van der Waals surface area (Å²) in [5.41, 5.74) is 0.772. The van der Waals surface area contributed by atoms with Crippen LogP contribution in [0.1, 0.15) is 12.8 Å². The maximum absolute atomic E-state index is 11.5. The van der Waals surface area contributed by atoms with E-state index >= 15 is 0 Å². The number of hydrogen-bond donors (Lipinski definition) is 1. The molecular weight excluding hydrogens is 264 g/mol. The summed E-state index contributed by atoms with van der Waals surface area (Å²) in [5.74, 6) is 1.28. The van der Waals surface area contributed by atoms with Gasteiger partial charge in [0, 0.05) is 19.7 Å². The number of carbonyl (C=O) groups is 1. The van der Waals surface area contributed by atoms with Gasteiger partial charge in [0.25, 0.3) is 0 Å².